The third kappa shape index (κ3) is 3.06. The minimum atomic E-state index is -1.18. The van der Waals surface area contributed by atoms with E-state index in [1.807, 2.05) is 31.2 Å². The first-order valence-electron chi connectivity index (χ1n) is 6.09. The predicted molar refractivity (Wildman–Crippen MR) is 76.3 cm³/mol. The number of nitrogen functional groups attached to an aromatic ring is 1. The minimum absolute atomic E-state index is 0.0871. The zero-order valence-corrected chi connectivity index (χ0v) is 11.0. The smallest absolute Gasteiger partial charge is 0.337 e. The van der Waals surface area contributed by atoms with E-state index in [1.54, 1.807) is 0 Å². The summed E-state index contributed by atoms with van der Waals surface area (Å²) in [4.78, 5) is 11.0. The molecule has 0 radical (unpaired) electrons. The summed E-state index contributed by atoms with van der Waals surface area (Å²) in [6.45, 7) is 2.39. The average Bonchev–Trinajstić information content (AvgIpc) is 2.39. The summed E-state index contributed by atoms with van der Waals surface area (Å²) in [6.07, 6.45) is 0. The molecule has 0 heterocycles. The maximum Gasteiger partial charge on any atom is 0.337 e. The molecule has 0 aromatic heterocycles. The number of nitrogens with one attached hydrogen (secondary N) is 1. The zero-order valence-electron chi connectivity index (χ0n) is 11.0. The fourth-order valence-electron chi connectivity index (χ4n) is 1.81. The van der Waals surface area contributed by atoms with Crippen molar-refractivity contribution < 1.29 is 14.3 Å². The van der Waals surface area contributed by atoms with E-state index in [-0.39, 0.29) is 16.9 Å². The first-order chi connectivity index (χ1) is 9.47. The number of anilines is 2. The number of nitrogens with two attached hydrogens (primary N) is 1. The second-order valence-electron chi connectivity index (χ2n) is 4.56. The van der Waals surface area contributed by atoms with Gasteiger partial charge in [0.25, 0.3) is 0 Å². The average molecular weight is 274 g/mol. The van der Waals surface area contributed by atoms with E-state index in [1.165, 1.54) is 6.07 Å². The van der Waals surface area contributed by atoms with Crippen molar-refractivity contribution in [3.8, 4) is 0 Å². The van der Waals surface area contributed by atoms with Gasteiger partial charge in [-0.3, -0.25) is 0 Å². The van der Waals surface area contributed by atoms with Crippen LogP contribution in [0, 0.1) is 12.7 Å². The van der Waals surface area contributed by atoms with Crippen LogP contribution in [0.25, 0.3) is 0 Å². The van der Waals surface area contributed by atoms with Crippen LogP contribution in [0.15, 0.2) is 36.4 Å². The van der Waals surface area contributed by atoms with Gasteiger partial charge in [-0.2, -0.15) is 0 Å². The SMILES string of the molecule is Cc1ccc(CNc2cc(C(=O)O)c(N)cc2F)cc1. The highest BCUT2D eigenvalue weighted by atomic mass is 19.1. The van der Waals surface area contributed by atoms with Crippen molar-refractivity contribution in [1.82, 2.24) is 0 Å². The van der Waals surface area contributed by atoms with Crippen LogP contribution in [0.3, 0.4) is 0 Å². The Hall–Kier alpha value is -2.56. The molecule has 5 heteroatoms. The van der Waals surface area contributed by atoms with E-state index in [0.29, 0.717) is 6.54 Å². The lowest BCUT2D eigenvalue weighted by Crippen LogP contribution is -2.07. The number of aromatic carboxylic acids is 1. The second kappa shape index (κ2) is 5.61. The van der Waals surface area contributed by atoms with Crippen LogP contribution in [0.2, 0.25) is 0 Å². The van der Waals surface area contributed by atoms with Gasteiger partial charge in [-0.25, -0.2) is 9.18 Å². The number of carboxylic acids is 1. The Balaban J connectivity index is 2.18. The number of halogens is 1. The third-order valence-corrected chi connectivity index (χ3v) is 2.97. The molecule has 2 aromatic rings. The Labute approximate surface area is 116 Å². The van der Waals surface area contributed by atoms with Gasteiger partial charge in [-0.1, -0.05) is 29.8 Å². The molecule has 0 aliphatic carbocycles. The van der Waals surface area contributed by atoms with Gasteiger partial charge in [0.15, 0.2) is 0 Å². The molecule has 4 nitrogen and oxygen atoms in total. The first kappa shape index (κ1) is 13.9. The quantitative estimate of drug-likeness (QED) is 0.749. The molecule has 0 fully saturated rings. The Morgan fingerprint density at radius 3 is 2.55 bits per heavy atom. The van der Waals surface area contributed by atoms with Gasteiger partial charge in [-0.15, -0.1) is 0 Å². The summed E-state index contributed by atoms with van der Waals surface area (Å²) < 4.78 is 13.7. The molecule has 0 bridgehead atoms. The number of carboxylic acid groups (broad SMARTS) is 1. The van der Waals surface area contributed by atoms with Crippen molar-refractivity contribution in [2.75, 3.05) is 11.1 Å². The molecule has 0 atom stereocenters. The largest absolute Gasteiger partial charge is 0.478 e. The van der Waals surface area contributed by atoms with Crippen molar-refractivity contribution >= 4 is 17.3 Å². The number of rotatable bonds is 4. The standard InChI is InChI=1S/C15H15FN2O2/c1-9-2-4-10(5-3-9)8-18-14-6-11(15(19)20)13(17)7-12(14)16/h2-7,18H,8,17H2,1H3,(H,19,20). The van der Waals surface area contributed by atoms with Gasteiger partial charge in [-0.05, 0) is 24.6 Å². The van der Waals surface area contributed by atoms with E-state index < -0.39 is 11.8 Å². The maximum absolute atomic E-state index is 13.7. The summed E-state index contributed by atoms with van der Waals surface area (Å²) in [5, 5.41) is 11.8. The molecule has 0 aliphatic heterocycles. The van der Waals surface area contributed by atoms with Crippen molar-refractivity contribution in [2.45, 2.75) is 13.5 Å². The molecule has 20 heavy (non-hydrogen) atoms. The number of carbonyl (C=O) groups is 1. The Kier molecular flexibility index (Phi) is 3.89. The van der Waals surface area contributed by atoms with Gasteiger partial charge < -0.3 is 16.2 Å². The van der Waals surface area contributed by atoms with Crippen LogP contribution in [0.5, 0.6) is 0 Å². The molecule has 2 aromatic carbocycles. The normalized spacial score (nSPS) is 10.3. The molecule has 4 N–H and O–H groups in total. The molecule has 0 aliphatic rings. The van der Waals surface area contributed by atoms with Crippen LogP contribution in [-0.2, 0) is 6.54 Å². The summed E-state index contributed by atoms with van der Waals surface area (Å²) >= 11 is 0. The number of aryl methyl sites for hydroxylation is 1. The highest BCUT2D eigenvalue weighted by Gasteiger charge is 2.13. The topological polar surface area (TPSA) is 75.3 Å². The van der Waals surface area contributed by atoms with Gasteiger partial charge >= 0.3 is 5.97 Å². The van der Waals surface area contributed by atoms with Crippen molar-refractivity contribution in [3.05, 3.63) is 58.9 Å². The lowest BCUT2D eigenvalue weighted by molar-refractivity contribution is 0.0698. The van der Waals surface area contributed by atoms with Crippen LogP contribution < -0.4 is 11.1 Å². The molecule has 2 rings (SSSR count). The van der Waals surface area contributed by atoms with Crippen molar-refractivity contribution in [2.24, 2.45) is 0 Å². The molecule has 0 saturated heterocycles. The first-order valence-corrected chi connectivity index (χ1v) is 6.09. The molecule has 0 spiro atoms. The Bertz CT molecular complexity index is 639. The Morgan fingerprint density at radius 1 is 1.30 bits per heavy atom. The third-order valence-electron chi connectivity index (χ3n) is 2.97. The van der Waals surface area contributed by atoms with Gasteiger partial charge in [0.1, 0.15) is 5.82 Å². The van der Waals surface area contributed by atoms with E-state index in [2.05, 4.69) is 5.32 Å². The zero-order chi connectivity index (χ0) is 14.7. The molecular formula is C15H15FN2O2. The lowest BCUT2D eigenvalue weighted by atomic mass is 10.1. The van der Waals surface area contributed by atoms with E-state index >= 15 is 0 Å². The number of hydrogen-bond acceptors (Lipinski definition) is 3. The maximum atomic E-state index is 13.7. The fraction of sp³-hybridized carbons (Fsp3) is 0.133. The van der Waals surface area contributed by atoms with Crippen LogP contribution >= 0.6 is 0 Å². The molecular weight excluding hydrogens is 259 g/mol. The molecule has 0 unspecified atom stereocenters. The van der Waals surface area contributed by atoms with Crippen LogP contribution in [-0.4, -0.2) is 11.1 Å². The van der Waals surface area contributed by atoms with Crippen LogP contribution in [0.1, 0.15) is 21.5 Å². The summed E-state index contributed by atoms with van der Waals surface area (Å²) in [6, 6.07) is 9.99. The van der Waals surface area contributed by atoms with Crippen molar-refractivity contribution in [1.29, 1.82) is 0 Å². The number of hydrogen-bond donors (Lipinski definition) is 3. The minimum Gasteiger partial charge on any atom is -0.478 e. The van der Waals surface area contributed by atoms with Gasteiger partial charge in [0.2, 0.25) is 0 Å². The van der Waals surface area contributed by atoms with Crippen LogP contribution in [0.4, 0.5) is 15.8 Å². The predicted octanol–water partition coefficient (Wildman–Crippen LogP) is 3.03. The molecule has 104 valence electrons. The summed E-state index contributed by atoms with van der Waals surface area (Å²) in [5.74, 6) is -1.75. The Morgan fingerprint density at radius 2 is 1.95 bits per heavy atom. The molecule has 0 saturated carbocycles. The highest BCUT2D eigenvalue weighted by Crippen LogP contribution is 2.22. The van der Waals surface area contributed by atoms with Crippen molar-refractivity contribution in [3.63, 3.8) is 0 Å². The van der Waals surface area contributed by atoms with E-state index in [0.717, 1.165) is 17.2 Å². The number of benzene rings is 2. The van der Waals surface area contributed by atoms with E-state index in [9.17, 15) is 9.18 Å². The van der Waals surface area contributed by atoms with E-state index in [4.69, 9.17) is 10.8 Å². The lowest BCUT2D eigenvalue weighted by Gasteiger charge is -2.10. The highest BCUT2D eigenvalue weighted by molar-refractivity contribution is 5.94. The second-order valence-corrected chi connectivity index (χ2v) is 4.56. The van der Waals surface area contributed by atoms with Gasteiger partial charge in [0, 0.05) is 12.2 Å². The fourth-order valence-corrected chi connectivity index (χ4v) is 1.81. The summed E-state index contributed by atoms with van der Waals surface area (Å²) in [5.41, 5.74) is 7.50. The summed E-state index contributed by atoms with van der Waals surface area (Å²) in [7, 11) is 0. The monoisotopic (exact) mass is 274 g/mol. The van der Waals surface area contributed by atoms with Gasteiger partial charge in [0.05, 0.1) is 11.3 Å². The molecule has 0 amide bonds.